The second-order valence-electron chi connectivity index (χ2n) is 4.22. The van der Waals surface area contributed by atoms with E-state index in [0.717, 1.165) is 29.1 Å². The maximum Gasteiger partial charge on any atom is 0.357 e. The van der Waals surface area contributed by atoms with Gasteiger partial charge in [0.15, 0.2) is 11.5 Å². The molecule has 1 aliphatic rings. The van der Waals surface area contributed by atoms with E-state index in [1.807, 2.05) is 17.5 Å². The van der Waals surface area contributed by atoms with E-state index in [0.29, 0.717) is 18.1 Å². The van der Waals surface area contributed by atoms with Crippen molar-refractivity contribution in [2.75, 3.05) is 13.7 Å². The van der Waals surface area contributed by atoms with E-state index >= 15 is 0 Å². The van der Waals surface area contributed by atoms with E-state index in [9.17, 15) is 4.79 Å². The van der Waals surface area contributed by atoms with Crippen LogP contribution in [-0.4, -0.2) is 29.6 Å². The highest BCUT2D eigenvalue weighted by atomic mass is 32.1. The zero-order valence-corrected chi connectivity index (χ0v) is 11.3. The summed E-state index contributed by atoms with van der Waals surface area (Å²) >= 11 is 1.56. The first-order chi connectivity index (χ1) is 9.29. The number of hydrogen-bond donors (Lipinski definition) is 1. The summed E-state index contributed by atoms with van der Waals surface area (Å²) in [6.45, 7) is 1.49. The van der Waals surface area contributed by atoms with Crippen LogP contribution in [0.2, 0.25) is 0 Å². The van der Waals surface area contributed by atoms with Crippen LogP contribution in [0, 0.1) is 0 Å². The van der Waals surface area contributed by atoms with E-state index < -0.39 is 5.97 Å². The Hall–Kier alpha value is -1.79. The fourth-order valence-corrected chi connectivity index (χ4v) is 2.78. The van der Waals surface area contributed by atoms with E-state index in [2.05, 4.69) is 15.3 Å². The lowest BCUT2D eigenvalue weighted by atomic mass is 10.1. The van der Waals surface area contributed by atoms with Gasteiger partial charge in [-0.15, -0.1) is 11.3 Å². The molecule has 0 unspecified atom stereocenters. The van der Waals surface area contributed by atoms with Crippen LogP contribution < -0.4 is 5.32 Å². The SMILES string of the molecule is COC(=O)c1nc(-c2cccs2)nc2c1CNCC2. The number of carbonyl (C=O) groups excluding carboxylic acids is 1. The molecule has 0 fully saturated rings. The van der Waals surface area contributed by atoms with Gasteiger partial charge in [-0.3, -0.25) is 0 Å². The molecular formula is C13H13N3O2S. The van der Waals surface area contributed by atoms with Gasteiger partial charge in [-0.1, -0.05) is 6.07 Å². The largest absolute Gasteiger partial charge is 0.464 e. The highest BCUT2D eigenvalue weighted by Crippen LogP contribution is 2.25. The minimum Gasteiger partial charge on any atom is -0.464 e. The average Bonchev–Trinajstić information content (AvgIpc) is 2.99. The highest BCUT2D eigenvalue weighted by molar-refractivity contribution is 7.13. The van der Waals surface area contributed by atoms with Gasteiger partial charge in [0.1, 0.15) is 0 Å². The number of methoxy groups -OCH3 is 1. The fraction of sp³-hybridized carbons (Fsp3) is 0.308. The maximum absolute atomic E-state index is 11.9. The van der Waals surface area contributed by atoms with Gasteiger partial charge in [-0.2, -0.15) is 0 Å². The molecule has 19 heavy (non-hydrogen) atoms. The summed E-state index contributed by atoms with van der Waals surface area (Å²) in [7, 11) is 1.37. The maximum atomic E-state index is 11.9. The van der Waals surface area contributed by atoms with Crippen molar-refractivity contribution in [3.63, 3.8) is 0 Å². The normalized spacial score (nSPS) is 13.9. The summed E-state index contributed by atoms with van der Waals surface area (Å²) in [5.41, 5.74) is 2.18. The molecule has 0 aliphatic carbocycles. The van der Waals surface area contributed by atoms with Crippen molar-refractivity contribution in [2.45, 2.75) is 13.0 Å². The Morgan fingerprint density at radius 2 is 2.37 bits per heavy atom. The lowest BCUT2D eigenvalue weighted by molar-refractivity contribution is 0.0592. The van der Waals surface area contributed by atoms with Crippen molar-refractivity contribution in [3.8, 4) is 10.7 Å². The van der Waals surface area contributed by atoms with Gasteiger partial charge in [0.05, 0.1) is 17.7 Å². The van der Waals surface area contributed by atoms with Crippen LogP contribution in [0.5, 0.6) is 0 Å². The van der Waals surface area contributed by atoms with Gasteiger partial charge in [0.25, 0.3) is 0 Å². The number of carbonyl (C=O) groups is 1. The molecule has 6 heteroatoms. The second kappa shape index (κ2) is 5.07. The van der Waals surface area contributed by atoms with Crippen LogP contribution in [-0.2, 0) is 17.7 Å². The van der Waals surface area contributed by atoms with Gasteiger partial charge in [-0.05, 0) is 11.4 Å². The molecule has 2 aromatic heterocycles. The van der Waals surface area contributed by atoms with E-state index in [1.165, 1.54) is 7.11 Å². The number of rotatable bonds is 2. The Kier molecular flexibility index (Phi) is 3.27. The van der Waals surface area contributed by atoms with E-state index in [-0.39, 0.29) is 0 Å². The Labute approximate surface area is 114 Å². The fourth-order valence-electron chi connectivity index (χ4n) is 2.12. The van der Waals surface area contributed by atoms with Crippen molar-refractivity contribution < 1.29 is 9.53 Å². The first kappa shape index (κ1) is 12.3. The second-order valence-corrected chi connectivity index (χ2v) is 5.16. The first-order valence-electron chi connectivity index (χ1n) is 6.02. The zero-order chi connectivity index (χ0) is 13.2. The third kappa shape index (κ3) is 2.24. The lowest BCUT2D eigenvalue weighted by Gasteiger charge is -2.18. The number of ether oxygens (including phenoxy) is 1. The Morgan fingerprint density at radius 1 is 1.47 bits per heavy atom. The Morgan fingerprint density at radius 3 is 3.11 bits per heavy atom. The van der Waals surface area contributed by atoms with Crippen molar-refractivity contribution in [1.82, 2.24) is 15.3 Å². The zero-order valence-electron chi connectivity index (χ0n) is 10.5. The summed E-state index contributed by atoms with van der Waals surface area (Å²) < 4.78 is 4.82. The summed E-state index contributed by atoms with van der Waals surface area (Å²) in [5.74, 6) is 0.205. The summed E-state index contributed by atoms with van der Waals surface area (Å²) in [6.07, 6.45) is 0.806. The summed E-state index contributed by atoms with van der Waals surface area (Å²) in [5, 5.41) is 5.20. The molecule has 3 rings (SSSR count). The van der Waals surface area contributed by atoms with Crippen LogP contribution >= 0.6 is 11.3 Å². The number of nitrogens with zero attached hydrogens (tertiary/aromatic N) is 2. The van der Waals surface area contributed by atoms with Crippen LogP contribution in [0.1, 0.15) is 21.7 Å². The van der Waals surface area contributed by atoms with Crippen LogP contribution in [0.15, 0.2) is 17.5 Å². The molecule has 0 spiro atoms. The van der Waals surface area contributed by atoms with Gasteiger partial charge in [-0.25, -0.2) is 14.8 Å². The standard InChI is InChI=1S/C13H13N3O2S/c1-18-13(17)11-8-7-14-5-4-9(8)15-12(16-11)10-3-2-6-19-10/h2-3,6,14H,4-5,7H2,1H3. The predicted octanol–water partition coefficient (Wildman–Crippen LogP) is 1.64. The molecule has 3 heterocycles. The molecule has 1 aliphatic heterocycles. The predicted molar refractivity (Wildman–Crippen MR) is 72.1 cm³/mol. The molecule has 2 aromatic rings. The van der Waals surface area contributed by atoms with Gasteiger partial charge >= 0.3 is 5.97 Å². The lowest BCUT2D eigenvalue weighted by Crippen LogP contribution is -2.28. The van der Waals surface area contributed by atoms with Crippen molar-refractivity contribution in [1.29, 1.82) is 0 Å². The topological polar surface area (TPSA) is 64.1 Å². The van der Waals surface area contributed by atoms with E-state index in [1.54, 1.807) is 11.3 Å². The smallest absolute Gasteiger partial charge is 0.357 e. The molecule has 0 saturated heterocycles. The number of aromatic nitrogens is 2. The molecular weight excluding hydrogens is 262 g/mol. The van der Waals surface area contributed by atoms with Gasteiger partial charge in [0, 0.05) is 25.1 Å². The monoisotopic (exact) mass is 275 g/mol. The molecule has 0 bridgehead atoms. The Balaban J connectivity index is 2.16. The average molecular weight is 275 g/mol. The first-order valence-corrected chi connectivity index (χ1v) is 6.90. The number of fused-ring (bicyclic) bond motifs is 1. The minimum atomic E-state index is -0.403. The third-order valence-corrected chi connectivity index (χ3v) is 3.92. The molecule has 0 atom stereocenters. The molecule has 5 nitrogen and oxygen atoms in total. The van der Waals surface area contributed by atoms with Crippen molar-refractivity contribution in [2.24, 2.45) is 0 Å². The number of esters is 1. The molecule has 0 aromatic carbocycles. The number of nitrogens with one attached hydrogen (secondary N) is 1. The number of hydrogen-bond acceptors (Lipinski definition) is 6. The third-order valence-electron chi connectivity index (χ3n) is 3.05. The van der Waals surface area contributed by atoms with Crippen LogP contribution in [0.25, 0.3) is 10.7 Å². The molecule has 98 valence electrons. The molecule has 0 amide bonds. The quantitative estimate of drug-likeness (QED) is 0.844. The summed E-state index contributed by atoms with van der Waals surface area (Å²) in [4.78, 5) is 21.8. The van der Waals surface area contributed by atoms with Crippen molar-refractivity contribution in [3.05, 3.63) is 34.5 Å². The molecule has 0 radical (unpaired) electrons. The Bertz CT molecular complexity index is 611. The van der Waals surface area contributed by atoms with Crippen LogP contribution in [0.4, 0.5) is 0 Å². The highest BCUT2D eigenvalue weighted by Gasteiger charge is 2.23. The number of thiophene rings is 1. The molecule has 0 saturated carbocycles. The summed E-state index contributed by atoms with van der Waals surface area (Å²) in [6, 6.07) is 3.90. The van der Waals surface area contributed by atoms with Crippen LogP contribution in [0.3, 0.4) is 0 Å². The van der Waals surface area contributed by atoms with E-state index in [4.69, 9.17) is 4.74 Å². The van der Waals surface area contributed by atoms with Gasteiger partial charge < -0.3 is 10.1 Å². The van der Waals surface area contributed by atoms with Crippen molar-refractivity contribution >= 4 is 17.3 Å². The molecule has 1 N–H and O–H groups in total. The van der Waals surface area contributed by atoms with Gasteiger partial charge in [0.2, 0.25) is 0 Å². The minimum absolute atomic E-state index is 0.378.